The Morgan fingerprint density at radius 1 is 0.453 bits per heavy atom. The summed E-state index contributed by atoms with van der Waals surface area (Å²) >= 11 is 0. The van der Waals surface area contributed by atoms with Crippen molar-refractivity contribution in [1.29, 1.82) is 0 Å². The molecule has 16 N–H and O–H groups in total. The van der Waals surface area contributed by atoms with Gasteiger partial charge in [0.15, 0.2) is 25.2 Å². The second-order valence-corrected chi connectivity index (χ2v) is 27.7. The molecule has 0 aliphatic carbocycles. The monoisotopic (exact) mass is 1370 g/mol. The molecule has 0 saturated carbocycles. The van der Waals surface area contributed by atoms with Crippen molar-refractivity contribution in [1.82, 2.24) is 10.6 Å². The van der Waals surface area contributed by atoms with E-state index in [2.05, 4.69) is 31.4 Å². The van der Waals surface area contributed by atoms with Gasteiger partial charge in [0.1, 0.15) is 104 Å². The third-order valence-electron chi connectivity index (χ3n) is 19.6. The average Bonchev–Trinajstić information content (AvgIpc) is 0.796. The van der Waals surface area contributed by atoms with Gasteiger partial charge >= 0.3 is 0 Å². The first kappa shape index (κ1) is 85.5. The summed E-state index contributed by atoms with van der Waals surface area (Å²) in [6.07, 6.45) is -1.94. The van der Waals surface area contributed by atoms with Crippen LogP contribution in [0, 0.1) is 5.92 Å². The Balaban J connectivity index is 1.39. The van der Waals surface area contributed by atoms with Crippen molar-refractivity contribution in [3.63, 3.8) is 0 Å². The standard InChI is InChI=1S/C69H130N2O24/c1-6-8-9-10-11-12-13-14-15-16-17-18-19-20-21-26-29-32-35-38-48(76)65(87)71-46(54(78)47(75)37-34-31-28-25-23-22-24-27-30-33-36-43(3)7-2)41-88-69-64(60(84)55(79)49(39-72)92-69)95-68-62(86)59(83)56(80)51(93-68)42-89-66-52(70-45(5)74)63(57(81)50(40-73)91-66)94-67-61(85)58(82)53(77)44(4)90-67/h43-44,46-64,66-69,72-73,75-86H,6-42H2,1-5H3,(H,70,74)(H,71,87). The van der Waals surface area contributed by atoms with Gasteiger partial charge in [-0.15, -0.1) is 0 Å². The first-order valence-corrected chi connectivity index (χ1v) is 36.7. The number of ether oxygens (including phenoxy) is 8. The fourth-order valence-electron chi connectivity index (χ4n) is 13.0. The predicted molar refractivity (Wildman–Crippen MR) is 351 cm³/mol. The maximum absolute atomic E-state index is 13.7. The number of amides is 2. The predicted octanol–water partition coefficient (Wildman–Crippen LogP) is 3.56. The summed E-state index contributed by atoms with van der Waals surface area (Å²) in [5.74, 6) is -0.787. The Morgan fingerprint density at radius 2 is 0.874 bits per heavy atom. The highest BCUT2D eigenvalue weighted by Crippen LogP contribution is 2.34. The molecule has 4 fully saturated rings. The van der Waals surface area contributed by atoms with E-state index in [4.69, 9.17) is 37.9 Å². The molecule has 0 aromatic heterocycles. The fraction of sp³-hybridized carbons (Fsp3) is 0.971. The Bertz CT molecular complexity index is 1980. The van der Waals surface area contributed by atoms with Crippen LogP contribution in [0.2, 0.25) is 0 Å². The van der Waals surface area contributed by atoms with Crippen molar-refractivity contribution < 1.29 is 119 Å². The summed E-state index contributed by atoms with van der Waals surface area (Å²) in [6, 6.07) is -2.93. The Kier molecular flexibility index (Phi) is 43.2. The lowest BCUT2D eigenvalue weighted by atomic mass is 9.95. The molecule has 25 unspecified atom stereocenters. The van der Waals surface area contributed by atoms with Crippen LogP contribution in [0.15, 0.2) is 0 Å². The molecule has 4 aliphatic rings. The molecule has 4 aliphatic heterocycles. The molecule has 26 nitrogen and oxygen atoms in total. The molecule has 560 valence electrons. The van der Waals surface area contributed by atoms with Gasteiger partial charge in [0, 0.05) is 6.92 Å². The Morgan fingerprint density at radius 3 is 1.37 bits per heavy atom. The molecule has 2 amide bonds. The van der Waals surface area contributed by atoms with Gasteiger partial charge in [-0.2, -0.15) is 0 Å². The topological polar surface area (TPSA) is 415 Å². The molecule has 0 spiro atoms. The van der Waals surface area contributed by atoms with Crippen LogP contribution in [0.3, 0.4) is 0 Å². The van der Waals surface area contributed by atoms with Gasteiger partial charge < -0.3 is 120 Å². The number of aliphatic hydroxyl groups excluding tert-OH is 14. The summed E-state index contributed by atoms with van der Waals surface area (Å²) in [4.78, 5) is 26.3. The molecule has 0 aromatic carbocycles. The number of hydrogen-bond donors (Lipinski definition) is 16. The number of nitrogens with one attached hydrogen (secondary N) is 2. The van der Waals surface area contributed by atoms with E-state index in [1.54, 1.807) is 0 Å². The summed E-state index contributed by atoms with van der Waals surface area (Å²) in [6.45, 7) is 6.11. The number of unbranched alkanes of at least 4 members (excludes halogenated alkanes) is 27. The second kappa shape index (κ2) is 48.0. The molecule has 26 heteroatoms. The van der Waals surface area contributed by atoms with E-state index < -0.39 is 185 Å². The maximum atomic E-state index is 13.7. The van der Waals surface area contributed by atoms with E-state index >= 15 is 0 Å². The fourth-order valence-corrected chi connectivity index (χ4v) is 13.0. The first-order chi connectivity index (χ1) is 45.6. The molecule has 0 aromatic rings. The van der Waals surface area contributed by atoms with Crippen molar-refractivity contribution in [2.45, 2.75) is 394 Å². The third kappa shape index (κ3) is 29.9. The lowest BCUT2D eigenvalue weighted by Crippen LogP contribution is -2.68. The first-order valence-electron chi connectivity index (χ1n) is 36.7. The van der Waals surface area contributed by atoms with E-state index in [-0.39, 0.29) is 12.8 Å². The summed E-state index contributed by atoms with van der Waals surface area (Å²) in [5.41, 5.74) is 0. The lowest BCUT2D eigenvalue weighted by Gasteiger charge is -2.48. The Hall–Kier alpha value is -1.94. The van der Waals surface area contributed by atoms with Crippen LogP contribution >= 0.6 is 0 Å². The molecule has 0 bridgehead atoms. The van der Waals surface area contributed by atoms with E-state index in [1.807, 2.05) is 0 Å². The zero-order chi connectivity index (χ0) is 69.8. The maximum Gasteiger partial charge on any atom is 0.249 e. The minimum absolute atomic E-state index is 0.124. The van der Waals surface area contributed by atoms with Crippen molar-refractivity contribution in [3.05, 3.63) is 0 Å². The minimum Gasteiger partial charge on any atom is -0.394 e. The molecular formula is C69H130N2O24. The summed E-state index contributed by atoms with van der Waals surface area (Å²) in [7, 11) is 0. The zero-order valence-corrected chi connectivity index (χ0v) is 57.9. The molecule has 4 saturated heterocycles. The minimum atomic E-state index is -2.10. The summed E-state index contributed by atoms with van der Waals surface area (Å²) < 4.78 is 47.2. The average molecular weight is 1370 g/mol. The number of carbonyl (C=O) groups excluding carboxylic acids is 2. The number of rotatable bonds is 51. The lowest BCUT2D eigenvalue weighted by molar-refractivity contribution is -0.373. The van der Waals surface area contributed by atoms with E-state index in [0.29, 0.717) is 12.8 Å². The molecule has 0 radical (unpaired) electrons. The molecule has 95 heavy (non-hydrogen) atoms. The van der Waals surface area contributed by atoms with E-state index in [1.165, 1.54) is 135 Å². The molecule has 4 heterocycles. The third-order valence-corrected chi connectivity index (χ3v) is 19.6. The molecule has 25 atom stereocenters. The number of carbonyl (C=O) groups is 2. The van der Waals surface area contributed by atoms with Gasteiger partial charge in [-0.25, -0.2) is 0 Å². The van der Waals surface area contributed by atoms with Gasteiger partial charge in [-0.05, 0) is 25.7 Å². The normalized spacial score (nSPS) is 33.0. The van der Waals surface area contributed by atoms with Gasteiger partial charge in [-0.3, -0.25) is 9.59 Å². The van der Waals surface area contributed by atoms with Crippen LogP contribution in [0.4, 0.5) is 0 Å². The highest BCUT2D eigenvalue weighted by atomic mass is 16.8. The van der Waals surface area contributed by atoms with Crippen LogP contribution in [-0.4, -0.2) is 257 Å². The van der Waals surface area contributed by atoms with Crippen molar-refractivity contribution in [2.24, 2.45) is 5.92 Å². The highest BCUT2D eigenvalue weighted by Gasteiger charge is 2.54. The van der Waals surface area contributed by atoms with Crippen molar-refractivity contribution >= 4 is 11.8 Å². The van der Waals surface area contributed by atoms with E-state index in [9.17, 15) is 81.1 Å². The quantitative estimate of drug-likeness (QED) is 0.0387. The number of aliphatic hydroxyl groups is 14. The van der Waals surface area contributed by atoms with Crippen LogP contribution in [0.25, 0.3) is 0 Å². The van der Waals surface area contributed by atoms with Crippen LogP contribution in [0.1, 0.15) is 247 Å². The van der Waals surface area contributed by atoms with Gasteiger partial charge in [-0.1, -0.05) is 220 Å². The zero-order valence-electron chi connectivity index (χ0n) is 57.9. The van der Waals surface area contributed by atoms with Crippen molar-refractivity contribution in [3.8, 4) is 0 Å². The highest BCUT2D eigenvalue weighted by molar-refractivity contribution is 5.80. The van der Waals surface area contributed by atoms with Gasteiger partial charge in [0.25, 0.3) is 0 Å². The SMILES string of the molecule is CCCCCCCCCCCCCCCCCCCCCC(O)C(=O)NC(COC1OC(CO)C(O)C(O)C1OC1OC(COC2OC(CO)C(O)C(OC3OC(C)C(O)C(O)C3O)C2NC(C)=O)C(O)C(O)C1O)C(O)C(O)CCCCCCCCCCCCC(C)CC. The smallest absolute Gasteiger partial charge is 0.249 e. The van der Waals surface area contributed by atoms with Crippen LogP contribution in [-0.2, 0) is 47.5 Å². The number of hydrogen-bond acceptors (Lipinski definition) is 24. The van der Waals surface area contributed by atoms with Gasteiger partial charge in [0.05, 0.1) is 44.7 Å². The van der Waals surface area contributed by atoms with Crippen LogP contribution in [0.5, 0.6) is 0 Å². The molecule has 4 rings (SSSR count). The summed E-state index contributed by atoms with van der Waals surface area (Å²) in [5, 5.41) is 159. The second-order valence-electron chi connectivity index (χ2n) is 27.7. The van der Waals surface area contributed by atoms with Gasteiger partial charge in [0.2, 0.25) is 11.8 Å². The van der Waals surface area contributed by atoms with E-state index in [0.717, 1.165) is 70.6 Å². The Labute approximate surface area is 565 Å². The van der Waals surface area contributed by atoms with Crippen molar-refractivity contribution in [2.75, 3.05) is 26.4 Å². The largest absolute Gasteiger partial charge is 0.394 e. The van der Waals surface area contributed by atoms with Crippen LogP contribution < -0.4 is 10.6 Å². The molecular weight excluding hydrogens is 1240 g/mol.